The highest BCUT2D eigenvalue weighted by Gasteiger charge is 2.35. The molecule has 2 aromatic carbocycles. The quantitative estimate of drug-likeness (QED) is 0.290. The minimum atomic E-state index is -4.67. The van der Waals surface area contributed by atoms with Gasteiger partial charge < -0.3 is 24.7 Å². The summed E-state index contributed by atoms with van der Waals surface area (Å²) >= 11 is 0. The number of H-pyrrole nitrogens is 2. The third kappa shape index (κ3) is 4.17. The molecule has 0 amide bonds. The van der Waals surface area contributed by atoms with Crippen LogP contribution >= 0.6 is 0 Å². The van der Waals surface area contributed by atoms with Gasteiger partial charge in [0.15, 0.2) is 17.4 Å². The second kappa shape index (κ2) is 8.51. The highest BCUT2D eigenvalue weighted by Crippen LogP contribution is 2.34. The number of fused-ring (bicyclic) bond motifs is 1. The van der Waals surface area contributed by atoms with Crippen molar-refractivity contribution in [1.29, 1.82) is 0 Å². The number of aliphatic hydroxyl groups is 1. The van der Waals surface area contributed by atoms with Gasteiger partial charge in [0.1, 0.15) is 11.6 Å². The molecule has 1 fully saturated rings. The van der Waals surface area contributed by atoms with E-state index in [0.717, 1.165) is 12.1 Å². The number of halogens is 4. The van der Waals surface area contributed by atoms with Crippen molar-refractivity contribution < 1.29 is 32.2 Å². The molecule has 3 N–H and O–H groups in total. The van der Waals surface area contributed by atoms with Crippen molar-refractivity contribution in [2.75, 3.05) is 25.1 Å². The van der Waals surface area contributed by atoms with Crippen LogP contribution in [0.15, 0.2) is 48.7 Å². The van der Waals surface area contributed by atoms with Crippen LogP contribution in [-0.4, -0.2) is 58.2 Å². The summed E-state index contributed by atoms with van der Waals surface area (Å²) in [6, 6.07) is 8.94. The van der Waals surface area contributed by atoms with E-state index in [1.54, 1.807) is 11.0 Å². The van der Waals surface area contributed by atoms with Crippen molar-refractivity contribution in [3.05, 3.63) is 71.2 Å². The van der Waals surface area contributed by atoms with Gasteiger partial charge in [-0.3, -0.25) is 4.79 Å². The Morgan fingerprint density at radius 1 is 1.20 bits per heavy atom. The number of hydrogen-bond acceptors (Lipinski definition) is 5. The minimum Gasteiger partial charge on any atom is -0.388 e. The molecule has 3 heterocycles. The lowest BCUT2D eigenvalue weighted by molar-refractivity contribution is -0.137. The molecule has 1 saturated heterocycles. The first-order valence-corrected chi connectivity index (χ1v) is 10.7. The Morgan fingerprint density at radius 3 is 2.69 bits per heavy atom. The summed E-state index contributed by atoms with van der Waals surface area (Å²) in [5, 5.41) is 10.1. The molecule has 35 heavy (non-hydrogen) atoms. The number of aromatic amines is 2. The third-order valence-corrected chi connectivity index (χ3v) is 6.11. The molecule has 0 spiro atoms. The van der Waals surface area contributed by atoms with Crippen LogP contribution in [0.25, 0.3) is 22.6 Å². The fourth-order valence-electron chi connectivity index (χ4n) is 4.32. The van der Waals surface area contributed by atoms with Crippen molar-refractivity contribution in [2.24, 2.45) is 0 Å². The average Bonchev–Trinajstić information content (AvgIpc) is 3.55. The van der Waals surface area contributed by atoms with Gasteiger partial charge in [0.25, 0.3) is 0 Å². The Morgan fingerprint density at radius 2 is 1.97 bits per heavy atom. The van der Waals surface area contributed by atoms with Gasteiger partial charge in [0.05, 0.1) is 22.9 Å². The molecule has 1 aliphatic rings. The van der Waals surface area contributed by atoms with Gasteiger partial charge in [0, 0.05) is 43.2 Å². The lowest BCUT2D eigenvalue weighted by atomic mass is 9.99. The Labute approximate surface area is 196 Å². The molecule has 0 saturated carbocycles. The number of carbonyl (C=O) groups is 1. The van der Waals surface area contributed by atoms with E-state index < -0.39 is 35.0 Å². The predicted octanol–water partition coefficient (Wildman–Crippen LogP) is 4.14. The van der Waals surface area contributed by atoms with Crippen LogP contribution < -0.4 is 4.90 Å². The number of carbonyl (C=O) groups excluding carboxylic acids is 1. The Kier molecular flexibility index (Phi) is 5.60. The van der Waals surface area contributed by atoms with Crippen LogP contribution in [-0.2, 0) is 10.9 Å². The van der Waals surface area contributed by atoms with Crippen LogP contribution in [0.3, 0.4) is 0 Å². The zero-order valence-corrected chi connectivity index (χ0v) is 18.4. The molecular formula is C24H20F4N4O3. The van der Waals surface area contributed by atoms with E-state index in [1.807, 2.05) is 0 Å². The number of β-amino-alcohol motifs (C(OH)–C–C–N with tert-alkyl or cyclic N) is 1. The monoisotopic (exact) mass is 488 g/mol. The van der Waals surface area contributed by atoms with E-state index >= 15 is 0 Å². The summed E-state index contributed by atoms with van der Waals surface area (Å²) in [5.74, 6) is -1.17. The number of methoxy groups -OCH3 is 1. The standard InChI is InChI=1S/C24H20F4N4O3/c1-35-20-11-32(10-19(20)33)13-7-16(25)21-17(8-13)30-23(31-21)18-6-12(9-29-18)22(34)14-4-2-3-5-15(14)24(26,27)28/h2-9,19-20,29,33H,10-11H2,1H3,(H,30,31)/t19-,20-/m0/s1. The topological polar surface area (TPSA) is 94.2 Å². The van der Waals surface area contributed by atoms with Crippen molar-refractivity contribution in [2.45, 2.75) is 18.4 Å². The van der Waals surface area contributed by atoms with Gasteiger partial charge in [-0.1, -0.05) is 18.2 Å². The molecule has 0 aliphatic carbocycles. The summed E-state index contributed by atoms with van der Waals surface area (Å²) in [4.78, 5) is 24.7. The smallest absolute Gasteiger partial charge is 0.388 e. The number of ketones is 1. The molecule has 7 nitrogen and oxygen atoms in total. The number of nitrogens with one attached hydrogen (secondary N) is 2. The largest absolute Gasteiger partial charge is 0.417 e. The predicted molar refractivity (Wildman–Crippen MR) is 120 cm³/mol. The molecule has 182 valence electrons. The fourth-order valence-corrected chi connectivity index (χ4v) is 4.32. The summed E-state index contributed by atoms with van der Waals surface area (Å²) in [5.41, 5.74) is -0.176. The number of aromatic nitrogens is 3. The van der Waals surface area contributed by atoms with Crippen LogP contribution in [0.2, 0.25) is 0 Å². The maximum Gasteiger partial charge on any atom is 0.417 e. The summed E-state index contributed by atoms with van der Waals surface area (Å²) < 4.78 is 60.0. The molecule has 5 rings (SSSR count). The molecule has 2 atom stereocenters. The number of imidazole rings is 1. The van der Waals surface area contributed by atoms with Crippen molar-refractivity contribution in [3.8, 4) is 11.5 Å². The zero-order valence-electron chi connectivity index (χ0n) is 18.4. The Hall–Kier alpha value is -3.70. The number of hydrogen-bond donors (Lipinski definition) is 3. The molecule has 4 aromatic rings. The summed E-state index contributed by atoms with van der Waals surface area (Å²) in [6.07, 6.45) is -4.47. The van der Waals surface area contributed by atoms with Gasteiger partial charge in [-0.25, -0.2) is 9.37 Å². The highest BCUT2D eigenvalue weighted by molar-refractivity contribution is 6.10. The average molecular weight is 488 g/mol. The van der Waals surface area contributed by atoms with E-state index in [-0.39, 0.29) is 29.6 Å². The maximum absolute atomic E-state index is 14.8. The number of anilines is 1. The minimum absolute atomic E-state index is 0.00924. The molecule has 0 radical (unpaired) electrons. The molecule has 11 heteroatoms. The van der Waals surface area contributed by atoms with Crippen LogP contribution in [0.4, 0.5) is 23.2 Å². The Bertz CT molecular complexity index is 1410. The Balaban J connectivity index is 1.45. The summed E-state index contributed by atoms with van der Waals surface area (Å²) in [6.45, 7) is 0.678. The molecule has 1 aliphatic heterocycles. The third-order valence-electron chi connectivity index (χ3n) is 6.11. The first kappa shape index (κ1) is 23.1. The van der Waals surface area contributed by atoms with E-state index in [0.29, 0.717) is 23.4 Å². The lowest BCUT2D eigenvalue weighted by Gasteiger charge is -2.18. The second-order valence-electron chi connectivity index (χ2n) is 8.33. The lowest BCUT2D eigenvalue weighted by Crippen LogP contribution is -2.25. The first-order valence-electron chi connectivity index (χ1n) is 10.7. The number of nitrogens with zero attached hydrogens (tertiary/aromatic N) is 2. The number of alkyl halides is 3. The van der Waals surface area contributed by atoms with Crippen molar-refractivity contribution in [3.63, 3.8) is 0 Å². The number of aliphatic hydroxyl groups excluding tert-OH is 1. The number of rotatable bonds is 5. The number of ether oxygens (including phenoxy) is 1. The SMILES string of the molecule is CO[C@H]1CN(c2cc(F)c3nc(-c4cc(C(=O)c5ccccc5C(F)(F)F)c[nH]4)[nH]c3c2)C[C@@H]1O. The molecular weight excluding hydrogens is 468 g/mol. The van der Waals surface area contributed by atoms with E-state index in [4.69, 9.17) is 4.74 Å². The second-order valence-corrected chi connectivity index (χ2v) is 8.33. The van der Waals surface area contributed by atoms with Crippen molar-refractivity contribution in [1.82, 2.24) is 15.0 Å². The van der Waals surface area contributed by atoms with Gasteiger partial charge in [0.2, 0.25) is 0 Å². The van der Waals surface area contributed by atoms with E-state index in [9.17, 15) is 27.5 Å². The van der Waals surface area contributed by atoms with Gasteiger partial charge in [-0.2, -0.15) is 13.2 Å². The first-order chi connectivity index (χ1) is 16.7. The normalized spacial score (nSPS) is 18.5. The van der Waals surface area contributed by atoms with Crippen molar-refractivity contribution >= 4 is 22.5 Å². The van der Waals surface area contributed by atoms with Crippen LogP contribution in [0.1, 0.15) is 21.5 Å². The highest BCUT2D eigenvalue weighted by atomic mass is 19.4. The maximum atomic E-state index is 14.8. The van der Waals surface area contributed by atoms with Gasteiger partial charge >= 0.3 is 6.18 Å². The molecule has 0 unspecified atom stereocenters. The van der Waals surface area contributed by atoms with Gasteiger partial charge in [-0.15, -0.1) is 0 Å². The number of benzene rings is 2. The molecule has 2 aromatic heterocycles. The van der Waals surface area contributed by atoms with Crippen LogP contribution in [0.5, 0.6) is 0 Å². The van der Waals surface area contributed by atoms with Crippen LogP contribution in [0, 0.1) is 5.82 Å². The van der Waals surface area contributed by atoms with E-state index in [1.165, 1.54) is 37.6 Å². The fraction of sp³-hybridized carbons (Fsp3) is 0.250. The summed E-state index contributed by atoms with van der Waals surface area (Å²) in [7, 11) is 1.50. The van der Waals surface area contributed by atoms with Gasteiger partial charge in [-0.05, 0) is 24.3 Å². The van der Waals surface area contributed by atoms with E-state index in [2.05, 4.69) is 15.0 Å². The zero-order chi connectivity index (χ0) is 24.9. The molecule has 0 bridgehead atoms.